The van der Waals surface area contributed by atoms with Crippen LogP contribution < -0.4 is 4.74 Å². The Bertz CT molecular complexity index is 1110. The third-order valence-corrected chi connectivity index (χ3v) is 5.52. The van der Waals surface area contributed by atoms with Gasteiger partial charge in [0.1, 0.15) is 10.9 Å². The highest BCUT2D eigenvalue weighted by atomic mass is 35.5. The number of aryl methyl sites for hydroxylation is 1. The summed E-state index contributed by atoms with van der Waals surface area (Å²) in [6.07, 6.45) is 0.967. The van der Waals surface area contributed by atoms with E-state index in [0.717, 1.165) is 33.5 Å². The van der Waals surface area contributed by atoms with Gasteiger partial charge in [-0.25, -0.2) is 9.99 Å². The van der Waals surface area contributed by atoms with Crippen LogP contribution in [0.15, 0.2) is 53.6 Å². The summed E-state index contributed by atoms with van der Waals surface area (Å²) < 4.78 is 5.27. The maximum absolute atomic E-state index is 12.6. The molecule has 1 aliphatic rings. The second-order valence-electron chi connectivity index (χ2n) is 7.15. The van der Waals surface area contributed by atoms with Crippen LogP contribution in [0.1, 0.15) is 42.5 Å². The third-order valence-electron chi connectivity index (χ3n) is 5.22. The summed E-state index contributed by atoms with van der Waals surface area (Å²) in [4.78, 5) is 17.2. The van der Waals surface area contributed by atoms with E-state index in [1.807, 2.05) is 50.2 Å². The molecule has 0 saturated carbocycles. The number of nitrogens with zero attached hydrogens (tertiary/aromatic N) is 3. The first-order valence-corrected chi connectivity index (χ1v) is 9.98. The lowest BCUT2D eigenvalue weighted by Crippen LogP contribution is -2.26. The van der Waals surface area contributed by atoms with E-state index in [1.54, 1.807) is 12.1 Å². The molecule has 5 nitrogen and oxygen atoms in total. The summed E-state index contributed by atoms with van der Waals surface area (Å²) in [6.45, 7) is 3.89. The molecule has 29 heavy (non-hydrogen) atoms. The minimum atomic E-state index is -0.273. The predicted octanol–water partition coefficient (Wildman–Crippen LogP) is 5.29. The van der Waals surface area contributed by atoms with E-state index in [-0.39, 0.29) is 11.9 Å². The number of halogens is 1. The number of hydrazone groups is 1. The lowest BCUT2D eigenvalue weighted by molar-refractivity contribution is -0.132. The fourth-order valence-electron chi connectivity index (χ4n) is 3.57. The van der Waals surface area contributed by atoms with Crippen molar-refractivity contribution in [3.05, 3.63) is 70.4 Å². The number of methoxy groups -OCH3 is 1. The van der Waals surface area contributed by atoms with E-state index in [9.17, 15) is 4.79 Å². The van der Waals surface area contributed by atoms with Crippen LogP contribution >= 0.6 is 11.6 Å². The van der Waals surface area contributed by atoms with Crippen molar-refractivity contribution in [2.45, 2.75) is 32.7 Å². The average molecular weight is 408 g/mol. The fourth-order valence-corrected chi connectivity index (χ4v) is 3.84. The Kier molecular flexibility index (Phi) is 5.24. The van der Waals surface area contributed by atoms with Gasteiger partial charge in [-0.05, 0) is 30.7 Å². The molecule has 1 atom stereocenters. The first-order valence-electron chi connectivity index (χ1n) is 9.61. The Labute approximate surface area is 175 Å². The van der Waals surface area contributed by atoms with Gasteiger partial charge < -0.3 is 4.74 Å². The van der Waals surface area contributed by atoms with Gasteiger partial charge in [-0.15, -0.1) is 0 Å². The van der Waals surface area contributed by atoms with Crippen molar-refractivity contribution in [3.63, 3.8) is 0 Å². The highest BCUT2D eigenvalue weighted by Crippen LogP contribution is 2.37. The molecule has 0 spiro atoms. The molecule has 148 valence electrons. The van der Waals surface area contributed by atoms with Crippen molar-refractivity contribution in [3.8, 4) is 5.75 Å². The van der Waals surface area contributed by atoms with Crippen molar-refractivity contribution >= 4 is 34.1 Å². The molecular weight excluding hydrogens is 386 g/mol. The average Bonchev–Trinajstić information content (AvgIpc) is 3.17. The molecule has 2 aromatic carbocycles. The van der Waals surface area contributed by atoms with Crippen LogP contribution in [-0.2, 0) is 4.79 Å². The van der Waals surface area contributed by atoms with E-state index in [1.165, 1.54) is 5.56 Å². The standard InChI is InChI=1S/C23H22ClN3O2/c1-4-22(28)27-21(13-20(26-27)15-7-5-14(2)6-8-15)18-11-16-9-10-17(29-3)12-19(16)25-23(18)24/h5-12,21H,4,13H2,1-3H3. The molecule has 0 saturated heterocycles. The zero-order valence-corrected chi connectivity index (χ0v) is 17.4. The molecule has 0 N–H and O–H groups in total. The number of pyridine rings is 1. The number of amides is 1. The van der Waals surface area contributed by atoms with Gasteiger partial charge in [0.15, 0.2) is 0 Å². The van der Waals surface area contributed by atoms with Crippen molar-refractivity contribution < 1.29 is 9.53 Å². The van der Waals surface area contributed by atoms with Crippen LogP contribution in [0.4, 0.5) is 0 Å². The van der Waals surface area contributed by atoms with Crippen molar-refractivity contribution in [1.29, 1.82) is 0 Å². The van der Waals surface area contributed by atoms with Gasteiger partial charge in [-0.1, -0.05) is 48.4 Å². The lowest BCUT2D eigenvalue weighted by atomic mass is 9.98. The van der Waals surface area contributed by atoms with Crippen molar-refractivity contribution in [1.82, 2.24) is 9.99 Å². The molecule has 0 radical (unpaired) electrons. The minimum absolute atomic E-state index is 0.0389. The van der Waals surface area contributed by atoms with Gasteiger partial charge in [0.25, 0.3) is 0 Å². The number of aromatic nitrogens is 1. The number of ether oxygens (including phenoxy) is 1. The van der Waals surface area contributed by atoms with Crippen LogP contribution in [0.3, 0.4) is 0 Å². The van der Waals surface area contributed by atoms with Crippen LogP contribution in [0, 0.1) is 6.92 Å². The quantitative estimate of drug-likeness (QED) is 0.552. The normalized spacial score (nSPS) is 16.2. The smallest absolute Gasteiger partial charge is 0.242 e. The SMILES string of the molecule is CCC(=O)N1N=C(c2ccc(C)cc2)CC1c1cc2ccc(OC)cc2nc1Cl. The maximum Gasteiger partial charge on any atom is 0.242 e. The lowest BCUT2D eigenvalue weighted by Gasteiger charge is -2.22. The molecule has 2 heterocycles. The zero-order chi connectivity index (χ0) is 20.5. The minimum Gasteiger partial charge on any atom is -0.497 e. The molecule has 0 bridgehead atoms. The Balaban J connectivity index is 1.75. The second-order valence-corrected chi connectivity index (χ2v) is 7.51. The van der Waals surface area contributed by atoms with Crippen molar-refractivity contribution in [2.75, 3.05) is 7.11 Å². The van der Waals surface area contributed by atoms with E-state index in [0.29, 0.717) is 18.0 Å². The number of carbonyl (C=O) groups excluding carboxylic acids is 1. The van der Waals surface area contributed by atoms with E-state index in [2.05, 4.69) is 22.2 Å². The Morgan fingerprint density at radius 1 is 1.21 bits per heavy atom. The summed E-state index contributed by atoms with van der Waals surface area (Å²) in [7, 11) is 1.62. The van der Waals surface area contributed by atoms with Crippen molar-refractivity contribution in [2.24, 2.45) is 5.10 Å². The van der Waals surface area contributed by atoms with Gasteiger partial charge >= 0.3 is 0 Å². The largest absolute Gasteiger partial charge is 0.497 e. The number of fused-ring (bicyclic) bond motifs is 1. The van der Waals surface area contributed by atoms with E-state index >= 15 is 0 Å². The summed E-state index contributed by atoms with van der Waals surface area (Å²) in [6, 6.07) is 15.6. The second kappa shape index (κ2) is 7.84. The first-order chi connectivity index (χ1) is 14.0. The monoisotopic (exact) mass is 407 g/mol. The number of carbonyl (C=O) groups is 1. The Morgan fingerprint density at radius 3 is 2.66 bits per heavy atom. The topological polar surface area (TPSA) is 54.8 Å². The van der Waals surface area contributed by atoms with Gasteiger partial charge in [0, 0.05) is 29.9 Å². The molecule has 6 heteroatoms. The number of hydrogen-bond donors (Lipinski definition) is 0. The highest BCUT2D eigenvalue weighted by molar-refractivity contribution is 6.30. The molecule has 1 unspecified atom stereocenters. The summed E-state index contributed by atoms with van der Waals surface area (Å²) in [5.41, 5.74) is 4.63. The van der Waals surface area contributed by atoms with Gasteiger partial charge in [0.05, 0.1) is 24.4 Å². The molecule has 3 aromatic rings. The molecule has 0 fully saturated rings. The van der Waals surface area contributed by atoms with Crippen LogP contribution in [0.25, 0.3) is 10.9 Å². The molecule has 0 aliphatic carbocycles. The van der Waals surface area contributed by atoms with Crippen LogP contribution in [0.5, 0.6) is 5.75 Å². The third kappa shape index (κ3) is 3.70. The van der Waals surface area contributed by atoms with E-state index < -0.39 is 0 Å². The molecule has 1 aliphatic heterocycles. The van der Waals surface area contributed by atoms with Crippen LogP contribution in [0.2, 0.25) is 5.15 Å². The van der Waals surface area contributed by atoms with Gasteiger partial charge in [-0.3, -0.25) is 4.79 Å². The predicted molar refractivity (Wildman–Crippen MR) is 116 cm³/mol. The first kappa shape index (κ1) is 19.4. The molecule has 1 aromatic heterocycles. The Hall–Kier alpha value is -2.92. The number of hydrogen-bond acceptors (Lipinski definition) is 4. The summed E-state index contributed by atoms with van der Waals surface area (Å²) in [5, 5.41) is 7.54. The van der Waals surface area contributed by atoms with Crippen LogP contribution in [-0.4, -0.2) is 28.7 Å². The summed E-state index contributed by atoms with van der Waals surface area (Å²) >= 11 is 6.57. The molecule has 1 amide bonds. The molecular formula is C23H22ClN3O2. The van der Waals surface area contributed by atoms with E-state index in [4.69, 9.17) is 16.3 Å². The maximum atomic E-state index is 12.6. The van der Waals surface area contributed by atoms with Gasteiger partial charge in [-0.2, -0.15) is 5.10 Å². The van der Waals surface area contributed by atoms with Gasteiger partial charge in [0.2, 0.25) is 5.91 Å². The number of benzene rings is 2. The Morgan fingerprint density at radius 2 is 1.97 bits per heavy atom. The highest BCUT2D eigenvalue weighted by Gasteiger charge is 2.34. The molecule has 4 rings (SSSR count). The number of rotatable bonds is 4. The fraction of sp³-hybridized carbons (Fsp3) is 0.261. The summed E-state index contributed by atoms with van der Waals surface area (Å²) in [5.74, 6) is 0.686. The zero-order valence-electron chi connectivity index (χ0n) is 16.6.